The molecular formula is C33H22F3N3O5S2. The van der Waals surface area contributed by atoms with Crippen LogP contribution in [0.3, 0.4) is 0 Å². The maximum absolute atomic E-state index is 13.9. The van der Waals surface area contributed by atoms with Gasteiger partial charge in [0.25, 0.3) is 5.91 Å². The molecule has 3 atom stereocenters. The number of benzene rings is 4. The molecule has 7 rings (SSSR count). The Kier molecular flexibility index (Phi) is 7.44. The second-order valence-corrected chi connectivity index (χ2v) is 12.9. The Hall–Kier alpha value is -4.88. The second kappa shape index (κ2) is 11.5. The Morgan fingerprint density at radius 1 is 0.891 bits per heavy atom. The molecule has 0 saturated carbocycles. The third-order valence-corrected chi connectivity index (χ3v) is 10.3. The van der Waals surface area contributed by atoms with Gasteiger partial charge in [0.1, 0.15) is 11.0 Å². The Morgan fingerprint density at radius 2 is 1.65 bits per heavy atom. The molecule has 3 heterocycles. The van der Waals surface area contributed by atoms with E-state index in [2.05, 4.69) is 10.3 Å². The van der Waals surface area contributed by atoms with Crippen LogP contribution in [0.15, 0.2) is 101 Å². The molecule has 0 bridgehead atoms. The Labute approximate surface area is 267 Å². The molecule has 13 heteroatoms. The Morgan fingerprint density at radius 3 is 2.46 bits per heavy atom. The predicted octanol–water partition coefficient (Wildman–Crippen LogP) is 6.42. The number of hydrogen-bond donors (Lipinski definition) is 2. The van der Waals surface area contributed by atoms with E-state index in [0.29, 0.717) is 31.8 Å². The quantitative estimate of drug-likeness (QED) is 0.203. The minimum Gasteiger partial charge on any atom is -0.484 e. The first-order chi connectivity index (χ1) is 22.1. The third-order valence-electron chi connectivity index (χ3n) is 7.89. The van der Waals surface area contributed by atoms with E-state index in [1.54, 1.807) is 30.3 Å². The van der Waals surface area contributed by atoms with Crippen LogP contribution in [-0.2, 0) is 20.6 Å². The summed E-state index contributed by atoms with van der Waals surface area (Å²) in [6.45, 7) is -0.328. The molecule has 4 aromatic carbocycles. The van der Waals surface area contributed by atoms with Crippen LogP contribution in [0.1, 0.15) is 21.9 Å². The highest BCUT2D eigenvalue weighted by atomic mass is 32.2. The van der Waals surface area contributed by atoms with Gasteiger partial charge in [0.05, 0.1) is 22.2 Å². The maximum Gasteiger partial charge on any atom is 0.418 e. The first-order valence-corrected chi connectivity index (χ1v) is 15.7. The molecule has 0 spiro atoms. The number of rotatable bonds is 6. The summed E-state index contributed by atoms with van der Waals surface area (Å²) in [7, 11) is 0. The third kappa shape index (κ3) is 5.35. The van der Waals surface area contributed by atoms with Crippen molar-refractivity contribution in [1.82, 2.24) is 4.98 Å². The van der Waals surface area contributed by atoms with E-state index >= 15 is 0 Å². The SMILES string of the molecule is O=C(COc1cccc([C@H]2c3sc(=O)[nH]c3SC3C(=O)N(c4ccccc4C(F)(F)F)C(=O)C32)c1)Nc1ccc2ccccc2c1. The van der Waals surface area contributed by atoms with Crippen LogP contribution in [0.5, 0.6) is 5.75 Å². The monoisotopic (exact) mass is 661 g/mol. The lowest BCUT2D eigenvalue weighted by Crippen LogP contribution is -2.33. The lowest BCUT2D eigenvalue weighted by atomic mass is 9.83. The molecule has 232 valence electrons. The molecule has 0 aliphatic carbocycles. The van der Waals surface area contributed by atoms with Crippen LogP contribution in [0.2, 0.25) is 0 Å². The summed E-state index contributed by atoms with van der Waals surface area (Å²) in [6.07, 6.45) is -4.80. The van der Waals surface area contributed by atoms with E-state index in [1.807, 2.05) is 36.4 Å². The molecule has 2 aliphatic rings. The number of aromatic nitrogens is 1. The minimum absolute atomic E-state index is 0.293. The number of imide groups is 1. The molecule has 2 N–H and O–H groups in total. The van der Waals surface area contributed by atoms with Crippen molar-refractivity contribution in [2.24, 2.45) is 5.92 Å². The average molecular weight is 662 g/mol. The molecule has 2 aliphatic heterocycles. The number of thioether (sulfide) groups is 1. The molecule has 5 aromatic rings. The number of thiazole rings is 1. The molecule has 0 radical (unpaired) electrons. The van der Waals surface area contributed by atoms with Gasteiger partial charge in [-0.25, -0.2) is 4.90 Å². The number of anilines is 2. The van der Waals surface area contributed by atoms with Gasteiger partial charge in [-0.1, -0.05) is 77.7 Å². The van der Waals surface area contributed by atoms with Crippen molar-refractivity contribution >= 4 is 63.0 Å². The number of fused-ring (bicyclic) bond motifs is 3. The molecule has 2 unspecified atom stereocenters. The highest BCUT2D eigenvalue weighted by Gasteiger charge is 2.57. The molecule has 46 heavy (non-hydrogen) atoms. The van der Waals surface area contributed by atoms with Crippen LogP contribution in [0.4, 0.5) is 24.5 Å². The number of alkyl halides is 3. The standard InChI is InChI=1S/C33H22F3N3O5S2/c34-33(35,36)22-10-3-4-11-23(22)39-30(41)26-25(27-29(38-32(43)46-27)45-28(26)31(39)42)19-8-5-9-21(15-19)44-16-24(40)37-20-13-12-17-6-1-2-7-18(17)14-20/h1-15,25-26,28H,16H2,(H,37,40)(H,38,43)/t25-,26?,28?/m1/s1. The zero-order chi connectivity index (χ0) is 32.2. The first-order valence-electron chi connectivity index (χ1n) is 14.0. The van der Waals surface area contributed by atoms with E-state index < -0.39 is 52.2 Å². The molecule has 3 amide bonds. The first kappa shape index (κ1) is 29.8. The van der Waals surface area contributed by atoms with Crippen LogP contribution in [0.25, 0.3) is 10.8 Å². The van der Waals surface area contributed by atoms with E-state index in [4.69, 9.17) is 4.74 Å². The van der Waals surface area contributed by atoms with Gasteiger partial charge in [0.15, 0.2) is 6.61 Å². The lowest BCUT2D eigenvalue weighted by molar-refractivity contribution is -0.137. The van der Waals surface area contributed by atoms with E-state index in [0.717, 1.165) is 46.0 Å². The van der Waals surface area contributed by atoms with Crippen molar-refractivity contribution in [3.05, 3.63) is 117 Å². The van der Waals surface area contributed by atoms with Crippen LogP contribution < -0.4 is 19.8 Å². The Balaban J connectivity index is 1.17. The number of H-pyrrole nitrogens is 1. The number of ether oxygens (including phenoxy) is 1. The van der Waals surface area contributed by atoms with Gasteiger partial charge < -0.3 is 15.0 Å². The normalized spacial score (nSPS) is 19.2. The number of halogens is 3. The summed E-state index contributed by atoms with van der Waals surface area (Å²) >= 11 is 1.84. The smallest absolute Gasteiger partial charge is 0.418 e. The number of nitrogens with one attached hydrogen (secondary N) is 2. The summed E-state index contributed by atoms with van der Waals surface area (Å²) < 4.78 is 47.5. The molecule has 8 nitrogen and oxygen atoms in total. The second-order valence-electron chi connectivity index (χ2n) is 10.7. The number of nitrogens with zero attached hydrogens (tertiary/aromatic N) is 1. The average Bonchev–Trinajstić information content (AvgIpc) is 3.53. The van der Waals surface area contributed by atoms with Crippen molar-refractivity contribution in [2.45, 2.75) is 22.4 Å². The fourth-order valence-electron chi connectivity index (χ4n) is 5.93. The summed E-state index contributed by atoms with van der Waals surface area (Å²) in [5.41, 5.74) is -0.531. The summed E-state index contributed by atoms with van der Waals surface area (Å²) in [5.74, 6) is -3.63. The molecule has 1 fully saturated rings. The van der Waals surface area contributed by atoms with Crippen LogP contribution in [0, 0.1) is 5.92 Å². The van der Waals surface area contributed by atoms with Gasteiger partial charge in [-0.05, 0) is 52.7 Å². The number of para-hydroxylation sites is 1. The zero-order valence-electron chi connectivity index (χ0n) is 23.5. The van der Waals surface area contributed by atoms with Gasteiger partial charge in [-0.15, -0.1) is 0 Å². The van der Waals surface area contributed by atoms with Crippen molar-refractivity contribution < 1.29 is 32.3 Å². The Bertz CT molecular complexity index is 2090. The van der Waals surface area contributed by atoms with E-state index in [9.17, 15) is 32.3 Å². The van der Waals surface area contributed by atoms with Crippen molar-refractivity contribution in [1.29, 1.82) is 0 Å². The van der Waals surface area contributed by atoms with Crippen molar-refractivity contribution in [3.8, 4) is 5.75 Å². The van der Waals surface area contributed by atoms with Gasteiger partial charge in [0, 0.05) is 16.5 Å². The van der Waals surface area contributed by atoms with Crippen molar-refractivity contribution in [2.75, 3.05) is 16.8 Å². The fraction of sp³-hybridized carbons (Fsp3) is 0.152. The zero-order valence-corrected chi connectivity index (χ0v) is 25.2. The van der Waals surface area contributed by atoms with Gasteiger partial charge >= 0.3 is 11.0 Å². The summed E-state index contributed by atoms with van der Waals surface area (Å²) in [4.78, 5) is 56.1. The topological polar surface area (TPSA) is 109 Å². The highest BCUT2D eigenvalue weighted by Crippen LogP contribution is 2.54. The lowest BCUT2D eigenvalue weighted by Gasteiger charge is -2.30. The van der Waals surface area contributed by atoms with Gasteiger partial charge in [-0.3, -0.25) is 19.2 Å². The van der Waals surface area contributed by atoms with Crippen LogP contribution >= 0.6 is 23.1 Å². The largest absolute Gasteiger partial charge is 0.484 e. The highest BCUT2D eigenvalue weighted by molar-refractivity contribution is 8.00. The van der Waals surface area contributed by atoms with Crippen LogP contribution in [-0.4, -0.2) is 34.6 Å². The molecule has 1 aromatic heterocycles. The number of hydrogen-bond acceptors (Lipinski definition) is 7. The number of aromatic amines is 1. The summed E-state index contributed by atoms with van der Waals surface area (Å²) in [5, 5.41) is 4.10. The fourth-order valence-corrected chi connectivity index (χ4v) is 8.45. The molecule has 1 saturated heterocycles. The maximum atomic E-state index is 13.9. The van der Waals surface area contributed by atoms with E-state index in [-0.39, 0.29) is 11.5 Å². The number of amides is 3. The van der Waals surface area contributed by atoms with Crippen molar-refractivity contribution in [3.63, 3.8) is 0 Å². The van der Waals surface area contributed by atoms with E-state index in [1.165, 1.54) is 12.1 Å². The predicted molar refractivity (Wildman–Crippen MR) is 168 cm³/mol. The molecular weight excluding hydrogens is 640 g/mol. The number of carbonyl (C=O) groups excluding carboxylic acids is 3. The van der Waals surface area contributed by atoms with Gasteiger partial charge in [0.2, 0.25) is 11.8 Å². The van der Waals surface area contributed by atoms with Gasteiger partial charge in [-0.2, -0.15) is 13.2 Å². The number of carbonyl (C=O) groups is 3. The minimum atomic E-state index is -4.80. The summed E-state index contributed by atoms with van der Waals surface area (Å²) in [6, 6.07) is 24.3.